The van der Waals surface area contributed by atoms with E-state index in [-0.39, 0.29) is 25.0 Å². The fourth-order valence-corrected chi connectivity index (χ4v) is 4.06. The number of anilines is 1. The first kappa shape index (κ1) is 19.9. The first-order valence-corrected chi connectivity index (χ1v) is 10.5. The Morgan fingerprint density at radius 2 is 1.91 bits per heavy atom. The van der Waals surface area contributed by atoms with Gasteiger partial charge in [0.05, 0.1) is 0 Å². The maximum absolute atomic E-state index is 13.2. The van der Waals surface area contributed by atoms with Crippen LogP contribution in [0.1, 0.15) is 16.7 Å². The van der Waals surface area contributed by atoms with Gasteiger partial charge in [0.25, 0.3) is 5.91 Å². The quantitative estimate of drug-likeness (QED) is 0.642. The molecule has 2 amide bonds. The Kier molecular flexibility index (Phi) is 5.15. The Hall–Kier alpha value is -4.00. The highest BCUT2D eigenvalue weighted by Gasteiger charge is 2.31. The smallest absolute Gasteiger partial charge is 0.281 e. The Balaban J connectivity index is 1.38. The topological polar surface area (TPSA) is 75.1 Å². The lowest BCUT2D eigenvalue weighted by molar-refractivity contribution is -0.139. The zero-order valence-electron chi connectivity index (χ0n) is 17.7. The minimum atomic E-state index is -0.335. The molecule has 1 aromatic heterocycles. The number of rotatable bonds is 4. The van der Waals surface area contributed by atoms with Gasteiger partial charge in [-0.25, -0.2) is 5.01 Å². The monoisotopic (exact) mass is 426 g/mol. The van der Waals surface area contributed by atoms with Gasteiger partial charge in [-0.05, 0) is 48.7 Å². The highest BCUT2D eigenvalue weighted by Crippen LogP contribution is 2.36. The van der Waals surface area contributed by atoms with Gasteiger partial charge in [-0.3, -0.25) is 14.6 Å². The van der Waals surface area contributed by atoms with Crippen LogP contribution in [-0.4, -0.2) is 47.4 Å². The summed E-state index contributed by atoms with van der Waals surface area (Å²) in [6.45, 7) is 2.30. The Bertz CT molecular complexity index is 1210. The third-order valence-electron chi connectivity index (χ3n) is 5.72. The van der Waals surface area contributed by atoms with E-state index in [2.05, 4.69) is 10.1 Å². The predicted octanol–water partition coefficient (Wildman–Crippen LogP) is 3.17. The lowest BCUT2D eigenvalue weighted by Crippen LogP contribution is -2.44. The molecule has 160 valence electrons. The number of hydrogen-bond acceptors (Lipinski definition) is 5. The molecule has 0 saturated carbocycles. The average molecular weight is 426 g/mol. The second kappa shape index (κ2) is 8.26. The van der Waals surface area contributed by atoms with Crippen LogP contribution in [0.15, 0.2) is 72.1 Å². The summed E-state index contributed by atoms with van der Waals surface area (Å²) in [5.74, 6) is -0.162. The van der Waals surface area contributed by atoms with Crippen molar-refractivity contribution >= 4 is 23.4 Å². The van der Waals surface area contributed by atoms with E-state index < -0.39 is 0 Å². The summed E-state index contributed by atoms with van der Waals surface area (Å²) < 4.78 is 5.50. The molecule has 2 aliphatic rings. The molecule has 0 radical (unpaired) electrons. The molecule has 0 fully saturated rings. The molecule has 5 rings (SSSR count). The SMILES string of the molecule is Cc1ccc(C2=NN(CC(=O)N3CCc4c(-c5cccnc5)cccc43)C(=O)CO2)cc1. The molecular weight excluding hydrogens is 404 g/mol. The molecular formula is C25H22N4O3. The van der Waals surface area contributed by atoms with Crippen molar-refractivity contribution in [3.8, 4) is 11.1 Å². The van der Waals surface area contributed by atoms with Crippen LogP contribution in [0.5, 0.6) is 0 Å². The van der Waals surface area contributed by atoms with Crippen molar-refractivity contribution < 1.29 is 14.3 Å². The molecule has 0 atom stereocenters. The Labute approximate surface area is 185 Å². The molecule has 2 aromatic carbocycles. The number of carbonyl (C=O) groups excluding carboxylic acids is 2. The van der Waals surface area contributed by atoms with Gasteiger partial charge in [-0.15, -0.1) is 5.10 Å². The van der Waals surface area contributed by atoms with Crippen LogP contribution in [0.25, 0.3) is 11.1 Å². The predicted molar refractivity (Wildman–Crippen MR) is 121 cm³/mol. The minimum Gasteiger partial charge on any atom is -0.466 e. The molecule has 2 aliphatic heterocycles. The number of ether oxygens (including phenoxy) is 1. The first-order valence-electron chi connectivity index (χ1n) is 10.5. The summed E-state index contributed by atoms with van der Waals surface area (Å²) in [5.41, 5.74) is 5.98. The Morgan fingerprint density at radius 1 is 1.06 bits per heavy atom. The second-order valence-electron chi connectivity index (χ2n) is 7.85. The summed E-state index contributed by atoms with van der Waals surface area (Å²) >= 11 is 0. The normalized spacial score (nSPS) is 15.3. The van der Waals surface area contributed by atoms with Crippen molar-refractivity contribution in [1.82, 2.24) is 9.99 Å². The summed E-state index contributed by atoms with van der Waals surface area (Å²) in [7, 11) is 0. The van der Waals surface area contributed by atoms with Gasteiger partial charge in [0, 0.05) is 35.8 Å². The van der Waals surface area contributed by atoms with E-state index in [0.29, 0.717) is 12.4 Å². The summed E-state index contributed by atoms with van der Waals surface area (Å²) in [5, 5.41) is 5.53. The largest absolute Gasteiger partial charge is 0.466 e. The van der Waals surface area contributed by atoms with E-state index in [4.69, 9.17) is 4.74 Å². The van der Waals surface area contributed by atoms with E-state index in [9.17, 15) is 9.59 Å². The van der Waals surface area contributed by atoms with Crippen LogP contribution in [0, 0.1) is 6.92 Å². The van der Waals surface area contributed by atoms with Gasteiger partial charge in [0.15, 0.2) is 6.61 Å². The molecule has 0 spiro atoms. The number of hydrazone groups is 1. The molecule has 3 aromatic rings. The third-order valence-corrected chi connectivity index (χ3v) is 5.72. The number of nitrogens with zero attached hydrogens (tertiary/aromatic N) is 4. The minimum absolute atomic E-state index is 0.131. The number of carbonyl (C=O) groups is 2. The van der Waals surface area contributed by atoms with E-state index >= 15 is 0 Å². The number of amides is 2. The van der Waals surface area contributed by atoms with Crippen molar-refractivity contribution in [2.24, 2.45) is 5.10 Å². The lowest BCUT2D eigenvalue weighted by Gasteiger charge is -2.26. The summed E-state index contributed by atoms with van der Waals surface area (Å²) in [6.07, 6.45) is 4.32. The van der Waals surface area contributed by atoms with Crippen LogP contribution in [0.3, 0.4) is 0 Å². The molecule has 7 heteroatoms. The third kappa shape index (κ3) is 3.73. The number of aromatic nitrogens is 1. The van der Waals surface area contributed by atoms with Crippen molar-refractivity contribution in [3.05, 3.63) is 83.7 Å². The Morgan fingerprint density at radius 3 is 2.69 bits per heavy atom. The molecule has 0 saturated heterocycles. The van der Waals surface area contributed by atoms with Gasteiger partial charge < -0.3 is 9.64 Å². The van der Waals surface area contributed by atoms with Gasteiger partial charge in [0.1, 0.15) is 6.54 Å². The zero-order chi connectivity index (χ0) is 22.1. The fourth-order valence-electron chi connectivity index (χ4n) is 4.06. The molecule has 0 unspecified atom stereocenters. The number of aryl methyl sites for hydroxylation is 1. The standard InChI is InChI=1S/C25H22N4O3/c1-17-7-9-18(10-8-17)25-27-29(24(31)16-32-25)15-23(30)28-13-11-21-20(5-2-6-22(21)28)19-4-3-12-26-14-19/h2-10,12,14H,11,13,15-16H2,1H3. The first-order chi connectivity index (χ1) is 15.6. The number of hydrogen-bond donors (Lipinski definition) is 0. The highest BCUT2D eigenvalue weighted by molar-refractivity contribution is 6.02. The van der Waals surface area contributed by atoms with Crippen LogP contribution in [-0.2, 0) is 20.7 Å². The molecule has 0 N–H and O–H groups in total. The van der Waals surface area contributed by atoms with Crippen molar-refractivity contribution in [1.29, 1.82) is 0 Å². The highest BCUT2D eigenvalue weighted by atomic mass is 16.5. The van der Waals surface area contributed by atoms with Gasteiger partial charge in [0.2, 0.25) is 11.8 Å². The van der Waals surface area contributed by atoms with Crippen molar-refractivity contribution in [2.45, 2.75) is 13.3 Å². The van der Waals surface area contributed by atoms with Crippen molar-refractivity contribution in [2.75, 3.05) is 24.6 Å². The number of fused-ring (bicyclic) bond motifs is 1. The van der Waals surface area contributed by atoms with Gasteiger partial charge >= 0.3 is 0 Å². The van der Waals surface area contributed by atoms with Gasteiger partial charge in [-0.1, -0.05) is 35.9 Å². The van der Waals surface area contributed by atoms with Crippen LogP contribution < -0.4 is 4.90 Å². The van der Waals surface area contributed by atoms with Crippen LogP contribution in [0.4, 0.5) is 5.69 Å². The summed E-state index contributed by atoms with van der Waals surface area (Å²) in [4.78, 5) is 31.5. The molecule has 32 heavy (non-hydrogen) atoms. The summed E-state index contributed by atoms with van der Waals surface area (Å²) in [6, 6.07) is 17.5. The van der Waals surface area contributed by atoms with E-state index in [1.165, 1.54) is 5.01 Å². The number of benzene rings is 2. The lowest BCUT2D eigenvalue weighted by atomic mass is 9.99. The molecule has 0 bridgehead atoms. The number of pyridine rings is 1. The average Bonchev–Trinajstić information content (AvgIpc) is 3.26. The molecule has 3 heterocycles. The van der Waals surface area contributed by atoms with Crippen LogP contribution >= 0.6 is 0 Å². The molecule has 7 nitrogen and oxygen atoms in total. The zero-order valence-corrected chi connectivity index (χ0v) is 17.7. The van der Waals surface area contributed by atoms with Gasteiger partial charge in [-0.2, -0.15) is 0 Å². The van der Waals surface area contributed by atoms with E-state index in [1.54, 1.807) is 11.1 Å². The van der Waals surface area contributed by atoms with E-state index in [0.717, 1.165) is 39.9 Å². The fraction of sp³-hybridized carbons (Fsp3) is 0.200. The van der Waals surface area contributed by atoms with E-state index in [1.807, 2.05) is 67.7 Å². The maximum Gasteiger partial charge on any atom is 0.281 e. The van der Waals surface area contributed by atoms with Crippen LogP contribution in [0.2, 0.25) is 0 Å². The maximum atomic E-state index is 13.2. The van der Waals surface area contributed by atoms with Crippen molar-refractivity contribution in [3.63, 3.8) is 0 Å². The molecule has 0 aliphatic carbocycles. The second-order valence-corrected chi connectivity index (χ2v) is 7.85.